The summed E-state index contributed by atoms with van der Waals surface area (Å²) in [5.41, 5.74) is 0. The molecule has 182 valence electrons. The number of aliphatic hydroxyl groups excluding tert-OH is 1. The van der Waals surface area contributed by atoms with Crippen LogP contribution >= 0.6 is 11.8 Å². The number of aliphatic hydroxyl groups is 1. The van der Waals surface area contributed by atoms with Gasteiger partial charge in [-0.2, -0.15) is 0 Å². The van der Waals surface area contributed by atoms with Crippen molar-refractivity contribution < 1.29 is 9.84 Å². The summed E-state index contributed by atoms with van der Waals surface area (Å²) in [5, 5.41) is 9.82. The maximum absolute atomic E-state index is 9.82. The monoisotopic (exact) mass is 460 g/mol. The molecule has 3 rings (SSSR count). The van der Waals surface area contributed by atoms with Gasteiger partial charge in [0.2, 0.25) is 0 Å². The Morgan fingerprint density at radius 3 is 2.25 bits per heavy atom. The molecule has 3 atom stereocenters. The molecule has 2 aliphatic carbocycles. The van der Waals surface area contributed by atoms with Crippen LogP contribution in [0.15, 0.2) is 35.2 Å². The molecular formula is C29H48O2S. The summed E-state index contributed by atoms with van der Waals surface area (Å²) in [5.74, 6) is 4.61. The van der Waals surface area contributed by atoms with Gasteiger partial charge in [0.05, 0.1) is 18.3 Å². The highest BCUT2D eigenvalue weighted by atomic mass is 32.2. The van der Waals surface area contributed by atoms with Crippen molar-refractivity contribution in [1.29, 1.82) is 0 Å². The highest BCUT2D eigenvalue weighted by Gasteiger charge is 2.31. The minimum atomic E-state index is -0.0271. The van der Waals surface area contributed by atoms with Crippen LogP contribution in [0.1, 0.15) is 97.8 Å². The second-order valence-corrected chi connectivity index (χ2v) is 11.9. The molecule has 3 heteroatoms. The molecule has 0 bridgehead atoms. The first-order chi connectivity index (χ1) is 15.5. The lowest BCUT2D eigenvalue weighted by molar-refractivity contribution is -0.0370. The first-order valence-corrected chi connectivity index (χ1v) is 14.5. The average molecular weight is 461 g/mol. The molecule has 2 aliphatic rings. The van der Waals surface area contributed by atoms with Crippen LogP contribution in [0.5, 0.6) is 0 Å². The lowest BCUT2D eigenvalue weighted by atomic mass is 9.70. The Labute approximate surface area is 202 Å². The van der Waals surface area contributed by atoms with E-state index in [4.69, 9.17) is 4.74 Å². The van der Waals surface area contributed by atoms with Crippen molar-refractivity contribution in [3.8, 4) is 0 Å². The molecule has 1 N–H and O–H groups in total. The van der Waals surface area contributed by atoms with Crippen molar-refractivity contribution in [2.24, 2.45) is 23.7 Å². The molecule has 2 fully saturated rings. The predicted octanol–water partition coefficient (Wildman–Crippen LogP) is 8.13. The van der Waals surface area contributed by atoms with E-state index >= 15 is 0 Å². The molecule has 3 unspecified atom stereocenters. The van der Waals surface area contributed by atoms with Gasteiger partial charge < -0.3 is 9.84 Å². The Morgan fingerprint density at radius 1 is 0.938 bits per heavy atom. The van der Waals surface area contributed by atoms with Gasteiger partial charge in [0, 0.05) is 4.90 Å². The third-order valence-corrected chi connectivity index (χ3v) is 9.42. The van der Waals surface area contributed by atoms with Crippen LogP contribution in [-0.4, -0.2) is 29.2 Å². The second kappa shape index (κ2) is 14.0. The molecule has 1 aromatic rings. The SMILES string of the molecule is CCC(CC(C)C1CCC(O)CC1)C1CCC(OC(C)CCCSc2ccccc2)CC1. The molecule has 0 aliphatic heterocycles. The zero-order valence-corrected chi connectivity index (χ0v) is 21.7. The van der Waals surface area contributed by atoms with E-state index in [0.717, 1.165) is 36.5 Å². The number of rotatable bonds is 12. The van der Waals surface area contributed by atoms with Crippen LogP contribution in [0.4, 0.5) is 0 Å². The van der Waals surface area contributed by atoms with Crippen molar-refractivity contribution in [1.82, 2.24) is 0 Å². The molecule has 32 heavy (non-hydrogen) atoms. The minimum absolute atomic E-state index is 0.0271. The Kier molecular flexibility index (Phi) is 11.4. The van der Waals surface area contributed by atoms with E-state index in [0.29, 0.717) is 12.2 Å². The van der Waals surface area contributed by atoms with Gasteiger partial charge in [-0.1, -0.05) is 38.5 Å². The van der Waals surface area contributed by atoms with E-state index in [-0.39, 0.29) is 6.10 Å². The van der Waals surface area contributed by atoms with Gasteiger partial charge >= 0.3 is 0 Å². The molecule has 2 saturated carbocycles. The maximum atomic E-state index is 9.82. The van der Waals surface area contributed by atoms with Gasteiger partial charge in [-0.15, -0.1) is 11.8 Å². The number of thioether (sulfide) groups is 1. The smallest absolute Gasteiger partial charge is 0.0579 e. The van der Waals surface area contributed by atoms with Crippen molar-refractivity contribution in [2.45, 2.75) is 121 Å². The van der Waals surface area contributed by atoms with Crippen LogP contribution < -0.4 is 0 Å². The number of hydrogen-bond donors (Lipinski definition) is 1. The van der Waals surface area contributed by atoms with E-state index < -0.39 is 0 Å². The van der Waals surface area contributed by atoms with Gasteiger partial charge in [0.15, 0.2) is 0 Å². The zero-order chi connectivity index (χ0) is 22.8. The number of ether oxygens (including phenoxy) is 1. The van der Waals surface area contributed by atoms with Crippen molar-refractivity contribution in [2.75, 3.05) is 5.75 Å². The molecule has 1 aromatic carbocycles. The minimum Gasteiger partial charge on any atom is -0.393 e. The first kappa shape index (κ1) is 26.1. The molecule has 0 aromatic heterocycles. The average Bonchev–Trinajstić information content (AvgIpc) is 2.82. The van der Waals surface area contributed by atoms with Gasteiger partial charge in [-0.05, 0) is 119 Å². The molecule has 0 amide bonds. The Balaban J connectivity index is 1.30. The summed E-state index contributed by atoms with van der Waals surface area (Å²) < 4.78 is 6.46. The van der Waals surface area contributed by atoms with Crippen molar-refractivity contribution >= 4 is 11.8 Å². The van der Waals surface area contributed by atoms with E-state index in [1.807, 2.05) is 11.8 Å². The molecule has 0 spiro atoms. The molecular weight excluding hydrogens is 412 g/mol. The van der Waals surface area contributed by atoms with Crippen molar-refractivity contribution in [3.05, 3.63) is 30.3 Å². The van der Waals surface area contributed by atoms with E-state index in [1.165, 1.54) is 74.9 Å². The van der Waals surface area contributed by atoms with Crippen LogP contribution in [0.3, 0.4) is 0 Å². The summed E-state index contributed by atoms with van der Waals surface area (Å²) in [7, 11) is 0. The summed E-state index contributed by atoms with van der Waals surface area (Å²) in [6, 6.07) is 10.7. The van der Waals surface area contributed by atoms with Gasteiger partial charge in [0.25, 0.3) is 0 Å². The largest absolute Gasteiger partial charge is 0.393 e. The Hall–Kier alpha value is -0.510. The fourth-order valence-corrected chi connectivity index (χ4v) is 7.10. The van der Waals surface area contributed by atoms with Gasteiger partial charge in [-0.25, -0.2) is 0 Å². The zero-order valence-electron chi connectivity index (χ0n) is 20.9. The molecule has 0 radical (unpaired) electrons. The maximum Gasteiger partial charge on any atom is 0.0579 e. The third-order valence-electron chi connectivity index (χ3n) is 8.32. The normalized spacial score (nSPS) is 29.4. The summed E-state index contributed by atoms with van der Waals surface area (Å²) in [4.78, 5) is 1.38. The van der Waals surface area contributed by atoms with Gasteiger partial charge in [0.1, 0.15) is 0 Å². The van der Waals surface area contributed by atoms with E-state index in [2.05, 4.69) is 51.1 Å². The second-order valence-electron chi connectivity index (χ2n) is 10.7. The standard InChI is InChI=1S/C29H48O2S/c1-4-24(21-22(2)25-12-16-27(30)17-13-25)26-14-18-28(19-15-26)31-23(3)9-8-20-32-29-10-6-5-7-11-29/h5-7,10-11,22-28,30H,4,8-9,12-21H2,1-3H3. The lowest BCUT2D eigenvalue weighted by Gasteiger charge is -2.37. The molecule has 0 saturated heterocycles. The molecule has 2 nitrogen and oxygen atoms in total. The van der Waals surface area contributed by atoms with Crippen LogP contribution in [0.2, 0.25) is 0 Å². The summed E-state index contributed by atoms with van der Waals surface area (Å²) >= 11 is 1.96. The summed E-state index contributed by atoms with van der Waals surface area (Å²) in [6.45, 7) is 7.16. The number of benzene rings is 1. The molecule has 0 heterocycles. The number of hydrogen-bond acceptors (Lipinski definition) is 3. The fraction of sp³-hybridized carbons (Fsp3) is 0.793. The van der Waals surface area contributed by atoms with E-state index in [9.17, 15) is 5.11 Å². The van der Waals surface area contributed by atoms with Gasteiger partial charge in [-0.3, -0.25) is 0 Å². The Bertz CT molecular complexity index is 605. The van der Waals surface area contributed by atoms with Crippen LogP contribution in [-0.2, 0) is 4.74 Å². The quantitative estimate of drug-likeness (QED) is 0.252. The topological polar surface area (TPSA) is 29.5 Å². The Morgan fingerprint density at radius 2 is 1.59 bits per heavy atom. The third kappa shape index (κ3) is 8.69. The lowest BCUT2D eigenvalue weighted by Crippen LogP contribution is -2.30. The highest BCUT2D eigenvalue weighted by Crippen LogP contribution is 2.40. The van der Waals surface area contributed by atoms with Crippen LogP contribution in [0.25, 0.3) is 0 Å². The fourth-order valence-electron chi connectivity index (χ4n) is 6.20. The van der Waals surface area contributed by atoms with Crippen molar-refractivity contribution in [3.63, 3.8) is 0 Å². The predicted molar refractivity (Wildman–Crippen MR) is 138 cm³/mol. The summed E-state index contributed by atoms with van der Waals surface area (Å²) in [6.07, 6.45) is 15.7. The highest BCUT2D eigenvalue weighted by molar-refractivity contribution is 7.99. The first-order valence-electron chi connectivity index (χ1n) is 13.6. The van der Waals surface area contributed by atoms with Crippen LogP contribution in [0, 0.1) is 23.7 Å². The van der Waals surface area contributed by atoms with E-state index in [1.54, 1.807) is 0 Å².